The second-order valence-electron chi connectivity index (χ2n) is 4.96. The van der Waals surface area contributed by atoms with Crippen molar-refractivity contribution in [2.24, 2.45) is 11.7 Å². The molecule has 0 unspecified atom stereocenters. The average molecular weight is 347 g/mol. The van der Waals surface area contributed by atoms with E-state index in [1.807, 2.05) is 13.8 Å². The van der Waals surface area contributed by atoms with Gasteiger partial charge in [0.05, 0.1) is 12.6 Å². The number of nitrogens with two attached hydrogens (primary N) is 1. The van der Waals surface area contributed by atoms with Crippen molar-refractivity contribution in [3.05, 3.63) is 18.2 Å². The molecule has 9 heteroatoms. The van der Waals surface area contributed by atoms with Gasteiger partial charge in [-0.05, 0) is 12.3 Å². The van der Waals surface area contributed by atoms with Crippen LogP contribution in [0, 0.1) is 5.92 Å². The molecule has 0 fully saturated rings. The third-order valence-electron chi connectivity index (χ3n) is 2.76. The number of halogens is 4. The van der Waals surface area contributed by atoms with Gasteiger partial charge in [0.25, 0.3) is 0 Å². The first-order valence-electron chi connectivity index (χ1n) is 6.13. The number of nitrogens with zero attached hydrogens (tertiary/aromatic N) is 3. The minimum atomic E-state index is -2.66. The van der Waals surface area contributed by atoms with Crippen molar-refractivity contribution in [3.63, 3.8) is 0 Å². The van der Waals surface area contributed by atoms with Crippen LogP contribution in [0.3, 0.4) is 0 Å². The quantitative estimate of drug-likeness (QED) is 0.860. The van der Waals surface area contributed by atoms with Crippen molar-refractivity contribution in [2.75, 3.05) is 7.05 Å². The lowest BCUT2D eigenvalue weighted by Gasteiger charge is -2.22. The predicted molar refractivity (Wildman–Crippen MR) is 81.9 cm³/mol. The van der Waals surface area contributed by atoms with Crippen molar-refractivity contribution in [2.45, 2.75) is 39.4 Å². The second-order valence-corrected chi connectivity index (χ2v) is 4.96. The SMILES string of the molecule is CC(C)C[C@H](N)C(=O)N(C)Cc1nccn1C(F)F.Cl.Cl. The fourth-order valence-electron chi connectivity index (χ4n) is 1.83. The Hall–Kier alpha value is -0.920. The van der Waals surface area contributed by atoms with Crippen LogP contribution in [-0.2, 0) is 11.3 Å². The molecule has 0 spiro atoms. The van der Waals surface area contributed by atoms with E-state index >= 15 is 0 Å². The Morgan fingerprint density at radius 2 is 2.00 bits per heavy atom. The van der Waals surface area contributed by atoms with Crippen molar-refractivity contribution in [3.8, 4) is 0 Å². The molecular formula is C12H22Cl2F2N4O. The first kappa shape index (κ1) is 22.4. The molecule has 0 aromatic carbocycles. The Balaban J connectivity index is 0. The number of rotatable bonds is 6. The predicted octanol–water partition coefficient (Wildman–Crippen LogP) is 2.45. The summed E-state index contributed by atoms with van der Waals surface area (Å²) >= 11 is 0. The summed E-state index contributed by atoms with van der Waals surface area (Å²) in [4.78, 5) is 17.1. The highest BCUT2D eigenvalue weighted by atomic mass is 35.5. The molecule has 124 valence electrons. The summed E-state index contributed by atoms with van der Waals surface area (Å²) in [6.07, 6.45) is 3.03. The van der Waals surface area contributed by atoms with E-state index in [-0.39, 0.29) is 43.1 Å². The molecule has 0 saturated carbocycles. The summed E-state index contributed by atoms with van der Waals surface area (Å²) in [5.41, 5.74) is 5.78. The molecule has 0 aliphatic heterocycles. The van der Waals surface area contributed by atoms with Gasteiger partial charge in [0, 0.05) is 19.4 Å². The van der Waals surface area contributed by atoms with Gasteiger partial charge in [-0.2, -0.15) is 8.78 Å². The molecule has 1 aromatic heterocycles. The molecule has 1 atom stereocenters. The van der Waals surface area contributed by atoms with E-state index in [1.165, 1.54) is 24.3 Å². The molecule has 0 saturated heterocycles. The van der Waals surface area contributed by atoms with Crippen molar-refractivity contribution in [1.82, 2.24) is 14.5 Å². The molecule has 1 aromatic rings. The summed E-state index contributed by atoms with van der Waals surface area (Å²) in [7, 11) is 1.53. The summed E-state index contributed by atoms with van der Waals surface area (Å²) in [5, 5.41) is 0. The number of carbonyl (C=O) groups excluding carboxylic acids is 1. The number of imidazole rings is 1. The van der Waals surface area contributed by atoms with E-state index in [2.05, 4.69) is 4.98 Å². The third kappa shape index (κ3) is 6.58. The molecule has 1 heterocycles. The molecule has 21 heavy (non-hydrogen) atoms. The minimum absolute atomic E-state index is 0. The zero-order valence-electron chi connectivity index (χ0n) is 12.2. The van der Waals surface area contributed by atoms with Gasteiger partial charge in [0.1, 0.15) is 5.82 Å². The van der Waals surface area contributed by atoms with E-state index in [9.17, 15) is 13.6 Å². The zero-order valence-corrected chi connectivity index (χ0v) is 13.8. The highest BCUT2D eigenvalue weighted by Gasteiger charge is 2.21. The fraction of sp³-hybridized carbons (Fsp3) is 0.667. The van der Waals surface area contributed by atoms with Crippen LogP contribution in [0.25, 0.3) is 0 Å². The number of hydrogen-bond donors (Lipinski definition) is 1. The molecule has 0 radical (unpaired) electrons. The third-order valence-corrected chi connectivity index (χ3v) is 2.76. The number of hydrogen-bond acceptors (Lipinski definition) is 3. The number of likely N-dealkylation sites (N-methyl/N-ethyl adjacent to an activating group) is 1. The minimum Gasteiger partial charge on any atom is -0.337 e. The summed E-state index contributed by atoms with van der Waals surface area (Å²) in [6, 6.07) is -0.611. The van der Waals surface area contributed by atoms with E-state index in [0.717, 1.165) is 4.57 Å². The number of alkyl halides is 2. The van der Waals surface area contributed by atoms with E-state index in [4.69, 9.17) is 5.73 Å². The van der Waals surface area contributed by atoms with Crippen molar-refractivity contribution in [1.29, 1.82) is 0 Å². The van der Waals surface area contributed by atoms with Crippen LogP contribution >= 0.6 is 24.8 Å². The van der Waals surface area contributed by atoms with Gasteiger partial charge in [-0.25, -0.2) is 4.98 Å². The molecule has 0 bridgehead atoms. The Kier molecular flexibility index (Phi) is 10.6. The monoisotopic (exact) mass is 346 g/mol. The van der Waals surface area contributed by atoms with Gasteiger partial charge in [-0.3, -0.25) is 9.36 Å². The summed E-state index contributed by atoms with van der Waals surface area (Å²) in [6.45, 7) is 1.29. The van der Waals surface area contributed by atoms with Gasteiger partial charge in [-0.15, -0.1) is 24.8 Å². The Bertz CT molecular complexity index is 429. The molecule has 1 rings (SSSR count). The van der Waals surface area contributed by atoms with Gasteiger partial charge < -0.3 is 10.6 Å². The molecule has 2 N–H and O–H groups in total. The van der Waals surface area contributed by atoms with Crippen LogP contribution in [0.1, 0.15) is 32.6 Å². The molecule has 0 aliphatic carbocycles. The molecule has 5 nitrogen and oxygen atoms in total. The topological polar surface area (TPSA) is 64.2 Å². The Labute approximate surface area is 135 Å². The fourth-order valence-corrected chi connectivity index (χ4v) is 1.83. The Morgan fingerprint density at radius 3 is 2.48 bits per heavy atom. The molecule has 0 aliphatic rings. The lowest BCUT2D eigenvalue weighted by atomic mass is 10.0. The lowest BCUT2D eigenvalue weighted by molar-refractivity contribution is -0.132. The first-order valence-corrected chi connectivity index (χ1v) is 6.13. The van der Waals surface area contributed by atoms with Crippen LogP contribution in [0.5, 0.6) is 0 Å². The standard InChI is InChI=1S/C12H20F2N4O.2ClH/c1-8(2)6-9(15)11(19)17(3)7-10-16-4-5-18(10)12(13)14;;/h4-5,8-9,12H,6-7,15H2,1-3H3;2*1H/t9-;;/m0../s1. The van der Waals surface area contributed by atoms with Gasteiger partial charge in [0.2, 0.25) is 5.91 Å². The molecular weight excluding hydrogens is 325 g/mol. The van der Waals surface area contributed by atoms with Gasteiger partial charge in [0.15, 0.2) is 0 Å². The second kappa shape index (κ2) is 9.92. The van der Waals surface area contributed by atoms with Gasteiger partial charge in [-0.1, -0.05) is 13.8 Å². The van der Waals surface area contributed by atoms with Gasteiger partial charge >= 0.3 is 6.55 Å². The molecule has 1 amide bonds. The zero-order chi connectivity index (χ0) is 14.6. The van der Waals surface area contributed by atoms with Crippen LogP contribution in [0.4, 0.5) is 8.78 Å². The van der Waals surface area contributed by atoms with Crippen LogP contribution in [-0.4, -0.2) is 33.4 Å². The largest absolute Gasteiger partial charge is 0.337 e. The number of carbonyl (C=O) groups is 1. The highest BCUT2D eigenvalue weighted by Crippen LogP contribution is 2.14. The van der Waals surface area contributed by atoms with Crippen molar-refractivity contribution < 1.29 is 13.6 Å². The Morgan fingerprint density at radius 1 is 1.43 bits per heavy atom. The lowest BCUT2D eigenvalue weighted by Crippen LogP contribution is -2.42. The van der Waals surface area contributed by atoms with Crippen LogP contribution in [0.15, 0.2) is 12.4 Å². The van der Waals surface area contributed by atoms with E-state index < -0.39 is 12.6 Å². The summed E-state index contributed by atoms with van der Waals surface area (Å²) in [5.74, 6) is 0.176. The maximum absolute atomic E-state index is 12.6. The maximum atomic E-state index is 12.6. The smallest absolute Gasteiger partial charge is 0.319 e. The summed E-state index contributed by atoms with van der Waals surface area (Å²) < 4.78 is 26.0. The van der Waals surface area contributed by atoms with Crippen molar-refractivity contribution >= 4 is 30.7 Å². The first-order chi connectivity index (χ1) is 8.82. The van der Waals surface area contributed by atoms with Crippen LogP contribution < -0.4 is 5.73 Å². The van der Waals surface area contributed by atoms with Crippen LogP contribution in [0.2, 0.25) is 0 Å². The maximum Gasteiger partial charge on any atom is 0.319 e. The normalized spacial score (nSPS) is 11.8. The van der Waals surface area contributed by atoms with E-state index in [1.54, 1.807) is 0 Å². The van der Waals surface area contributed by atoms with E-state index in [0.29, 0.717) is 12.3 Å². The highest BCUT2D eigenvalue weighted by molar-refractivity contribution is 5.85. The number of aromatic nitrogens is 2. The number of amides is 1. The average Bonchev–Trinajstić information content (AvgIpc) is 2.75.